The average Bonchev–Trinajstić information content (AvgIpc) is 2.40. The van der Waals surface area contributed by atoms with Gasteiger partial charge in [0.1, 0.15) is 0 Å². The second-order valence-corrected chi connectivity index (χ2v) is 5.30. The Morgan fingerprint density at radius 3 is 2.75 bits per heavy atom. The molecule has 1 amide bonds. The van der Waals surface area contributed by atoms with E-state index in [1.165, 1.54) is 0 Å². The lowest BCUT2D eigenvalue weighted by atomic mass is 10.1. The van der Waals surface area contributed by atoms with Gasteiger partial charge in [-0.05, 0) is 39.1 Å². The van der Waals surface area contributed by atoms with Crippen molar-refractivity contribution in [2.45, 2.75) is 19.9 Å². The van der Waals surface area contributed by atoms with Crippen molar-refractivity contribution in [3.63, 3.8) is 0 Å². The maximum atomic E-state index is 12.1. The van der Waals surface area contributed by atoms with E-state index in [1.807, 2.05) is 18.9 Å². The van der Waals surface area contributed by atoms with Gasteiger partial charge in [-0.1, -0.05) is 11.6 Å². The third-order valence-corrected chi connectivity index (χ3v) is 3.33. The van der Waals surface area contributed by atoms with E-state index in [2.05, 4.69) is 11.4 Å². The van der Waals surface area contributed by atoms with Crippen molar-refractivity contribution in [1.82, 2.24) is 4.90 Å². The van der Waals surface area contributed by atoms with Crippen LogP contribution < -0.4 is 11.1 Å². The molecular weight excluding hydrogens is 276 g/mol. The van der Waals surface area contributed by atoms with Gasteiger partial charge in [0.15, 0.2) is 0 Å². The zero-order chi connectivity index (χ0) is 15.3. The molecule has 108 valence electrons. The summed E-state index contributed by atoms with van der Waals surface area (Å²) < 4.78 is 0. The molecule has 20 heavy (non-hydrogen) atoms. The largest absolute Gasteiger partial charge is 0.397 e. The van der Waals surface area contributed by atoms with Crippen LogP contribution in [0.3, 0.4) is 0 Å². The van der Waals surface area contributed by atoms with Crippen LogP contribution in [0.1, 0.15) is 13.8 Å². The van der Waals surface area contributed by atoms with Gasteiger partial charge >= 0.3 is 0 Å². The number of nitrogens with zero attached hydrogens (tertiary/aromatic N) is 2. The zero-order valence-electron chi connectivity index (χ0n) is 11.9. The number of nitrogen functional groups attached to an aromatic ring is 1. The first kappa shape index (κ1) is 16.3. The minimum Gasteiger partial charge on any atom is -0.397 e. The number of carbonyl (C=O) groups is 1. The van der Waals surface area contributed by atoms with Crippen molar-refractivity contribution in [1.29, 1.82) is 5.26 Å². The van der Waals surface area contributed by atoms with E-state index in [1.54, 1.807) is 25.1 Å². The Kier molecular flexibility index (Phi) is 5.81. The Morgan fingerprint density at radius 2 is 2.20 bits per heavy atom. The lowest BCUT2D eigenvalue weighted by Crippen LogP contribution is -2.41. The smallest absolute Gasteiger partial charge is 0.241 e. The van der Waals surface area contributed by atoms with E-state index in [0.717, 1.165) is 0 Å². The minimum atomic E-state index is -0.360. The fraction of sp³-hybridized carbons (Fsp3) is 0.429. The molecule has 0 aliphatic carbocycles. The topological polar surface area (TPSA) is 82.2 Å². The summed E-state index contributed by atoms with van der Waals surface area (Å²) in [6.07, 6.45) is 0. The highest BCUT2D eigenvalue weighted by Gasteiger charge is 2.20. The molecule has 0 fully saturated rings. The molecule has 5 nitrogen and oxygen atoms in total. The third kappa shape index (κ3) is 4.41. The Hall–Kier alpha value is -1.77. The van der Waals surface area contributed by atoms with Crippen molar-refractivity contribution >= 4 is 28.9 Å². The maximum absolute atomic E-state index is 12.1. The van der Waals surface area contributed by atoms with Crippen LogP contribution in [0.5, 0.6) is 0 Å². The lowest BCUT2D eigenvalue weighted by molar-refractivity contribution is -0.120. The summed E-state index contributed by atoms with van der Waals surface area (Å²) in [6.45, 7) is 4.13. The number of nitrogens with two attached hydrogens (primary N) is 1. The Labute approximate surface area is 124 Å². The van der Waals surface area contributed by atoms with Crippen LogP contribution in [-0.2, 0) is 4.79 Å². The zero-order valence-corrected chi connectivity index (χ0v) is 12.6. The van der Waals surface area contributed by atoms with Crippen molar-refractivity contribution in [3.05, 3.63) is 23.2 Å². The second kappa shape index (κ2) is 7.13. The van der Waals surface area contributed by atoms with Crippen molar-refractivity contribution in [3.8, 4) is 6.07 Å². The molecule has 0 aliphatic heterocycles. The van der Waals surface area contributed by atoms with E-state index >= 15 is 0 Å². The van der Waals surface area contributed by atoms with Crippen molar-refractivity contribution < 1.29 is 4.79 Å². The highest BCUT2D eigenvalue weighted by atomic mass is 35.5. The van der Waals surface area contributed by atoms with Gasteiger partial charge in [0.2, 0.25) is 5.91 Å². The number of benzene rings is 1. The third-order valence-electron chi connectivity index (χ3n) is 3.09. The first-order chi connectivity index (χ1) is 9.35. The maximum Gasteiger partial charge on any atom is 0.241 e. The molecule has 0 aromatic heterocycles. The van der Waals surface area contributed by atoms with Crippen molar-refractivity contribution in [2.75, 3.05) is 24.6 Å². The first-order valence-corrected chi connectivity index (χ1v) is 6.68. The Bertz CT molecular complexity index is 526. The number of carbonyl (C=O) groups excluding carboxylic acids is 1. The number of nitriles is 1. The van der Waals surface area contributed by atoms with Gasteiger partial charge in [-0.25, -0.2) is 0 Å². The molecule has 1 aromatic rings. The van der Waals surface area contributed by atoms with Crippen LogP contribution in [0.4, 0.5) is 11.4 Å². The van der Waals surface area contributed by atoms with E-state index in [-0.39, 0.29) is 17.9 Å². The van der Waals surface area contributed by atoms with Crippen LogP contribution in [-0.4, -0.2) is 30.4 Å². The van der Waals surface area contributed by atoms with Crippen LogP contribution in [0.15, 0.2) is 18.2 Å². The predicted molar refractivity (Wildman–Crippen MR) is 81.4 cm³/mol. The molecule has 3 N–H and O–H groups in total. The quantitative estimate of drug-likeness (QED) is 0.817. The lowest BCUT2D eigenvalue weighted by Gasteiger charge is -2.24. The van der Waals surface area contributed by atoms with Gasteiger partial charge in [-0.15, -0.1) is 0 Å². The van der Waals surface area contributed by atoms with Crippen LogP contribution in [0.25, 0.3) is 0 Å². The Morgan fingerprint density at radius 1 is 1.55 bits per heavy atom. The van der Waals surface area contributed by atoms with Crippen LogP contribution >= 0.6 is 11.6 Å². The number of halogens is 1. The number of amides is 1. The summed E-state index contributed by atoms with van der Waals surface area (Å²) in [4.78, 5) is 14.0. The van der Waals surface area contributed by atoms with Crippen molar-refractivity contribution in [2.24, 2.45) is 5.92 Å². The number of likely N-dealkylation sites (N-methyl/N-ethyl adjacent to an activating group) is 1. The van der Waals surface area contributed by atoms with Crippen LogP contribution in [0, 0.1) is 17.2 Å². The normalized spacial score (nSPS) is 13.6. The number of rotatable bonds is 5. The molecule has 2 atom stereocenters. The molecule has 0 heterocycles. The summed E-state index contributed by atoms with van der Waals surface area (Å²) in [5.41, 5.74) is 6.75. The van der Waals surface area contributed by atoms with Crippen LogP contribution in [0.2, 0.25) is 5.02 Å². The van der Waals surface area contributed by atoms with Gasteiger partial charge in [-0.3, -0.25) is 9.69 Å². The Balaban J connectivity index is 2.68. The van der Waals surface area contributed by atoms with Gasteiger partial charge in [-0.2, -0.15) is 5.26 Å². The van der Waals surface area contributed by atoms with Gasteiger partial charge in [0.05, 0.1) is 29.4 Å². The van der Waals surface area contributed by atoms with E-state index < -0.39 is 0 Å². The summed E-state index contributed by atoms with van der Waals surface area (Å²) in [5, 5.41) is 12.1. The van der Waals surface area contributed by atoms with Gasteiger partial charge in [0.25, 0.3) is 0 Å². The average molecular weight is 295 g/mol. The SMILES string of the molecule is CC(C#N)CN(C)C(C)C(=O)Nc1ccc(Cl)cc1N. The van der Waals surface area contributed by atoms with Gasteiger partial charge < -0.3 is 11.1 Å². The van der Waals surface area contributed by atoms with Gasteiger partial charge in [0, 0.05) is 11.6 Å². The fourth-order valence-corrected chi connectivity index (χ4v) is 1.90. The highest BCUT2D eigenvalue weighted by molar-refractivity contribution is 6.31. The number of nitrogens with one attached hydrogen (secondary N) is 1. The molecule has 0 aliphatic rings. The standard InChI is InChI=1S/C14H19ClN4O/c1-9(7-16)8-19(3)10(2)14(20)18-13-5-4-11(15)6-12(13)17/h4-6,9-10H,8,17H2,1-3H3,(H,18,20). The second-order valence-electron chi connectivity index (χ2n) is 4.87. The molecule has 1 aromatic carbocycles. The molecule has 0 radical (unpaired) electrons. The monoisotopic (exact) mass is 294 g/mol. The minimum absolute atomic E-state index is 0.129. The first-order valence-electron chi connectivity index (χ1n) is 6.31. The molecule has 0 bridgehead atoms. The highest BCUT2D eigenvalue weighted by Crippen LogP contribution is 2.22. The van der Waals surface area contributed by atoms with E-state index in [0.29, 0.717) is 22.9 Å². The molecule has 1 rings (SSSR count). The molecular formula is C14H19ClN4O. The fourth-order valence-electron chi connectivity index (χ4n) is 1.72. The summed E-state index contributed by atoms with van der Waals surface area (Å²) in [7, 11) is 1.81. The summed E-state index contributed by atoms with van der Waals surface area (Å²) >= 11 is 5.81. The number of hydrogen-bond donors (Lipinski definition) is 2. The molecule has 0 saturated carbocycles. The number of hydrogen-bond acceptors (Lipinski definition) is 4. The molecule has 0 spiro atoms. The van der Waals surface area contributed by atoms with E-state index in [9.17, 15) is 4.79 Å². The molecule has 6 heteroatoms. The molecule has 0 saturated heterocycles. The predicted octanol–water partition coefficient (Wildman–Crippen LogP) is 2.34. The van der Waals surface area contributed by atoms with E-state index in [4.69, 9.17) is 22.6 Å². The summed E-state index contributed by atoms with van der Waals surface area (Å²) in [5.74, 6) is -0.303. The molecule has 2 unspecified atom stereocenters. The number of anilines is 2. The summed E-state index contributed by atoms with van der Waals surface area (Å²) in [6, 6.07) is 6.71.